The van der Waals surface area contributed by atoms with E-state index in [1.807, 2.05) is 6.07 Å². The Kier molecular flexibility index (Phi) is 5.55. The molecule has 1 aromatic heterocycles. The number of carbonyl (C=O) groups excluding carboxylic acids is 1. The standard InChI is InChI=1S/C11H15BrN2OS/c1-3-8-14(2)11(15)13-7-6-9-4-5-10(12)16-9/h3-5H,1,6-8H2,2H3,(H,13,15). The highest BCUT2D eigenvalue weighted by Crippen LogP contribution is 2.21. The molecule has 0 fully saturated rings. The van der Waals surface area contributed by atoms with E-state index in [9.17, 15) is 4.79 Å². The quantitative estimate of drug-likeness (QED) is 0.834. The fourth-order valence-corrected chi connectivity index (χ4v) is 2.67. The molecule has 88 valence electrons. The third-order valence-corrected chi connectivity index (χ3v) is 3.71. The van der Waals surface area contributed by atoms with Crippen molar-refractivity contribution in [1.29, 1.82) is 0 Å². The van der Waals surface area contributed by atoms with Gasteiger partial charge in [0.15, 0.2) is 0 Å². The van der Waals surface area contributed by atoms with E-state index < -0.39 is 0 Å². The largest absolute Gasteiger partial charge is 0.338 e. The van der Waals surface area contributed by atoms with Crippen molar-refractivity contribution in [3.8, 4) is 0 Å². The third-order valence-electron chi connectivity index (χ3n) is 2.03. The van der Waals surface area contributed by atoms with Gasteiger partial charge in [0.1, 0.15) is 0 Å². The molecule has 16 heavy (non-hydrogen) atoms. The van der Waals surface area contributed by atoms with E-state index in [1.165, 1.54) is 4.88 Å². The van der Waals surface area contributed by atoms with E-state index in [0.29, 0.717) is 13.1 Å². The summed E-state index contributed by atoms with van der Waals surface area (Å²) in [5.41, 5.74) is 0. The van der Waals surface area contributed by atoms with Crippen LogP contribution < -0.4 is 5.32 Å². The summed E-state index contributed by atoms with van der Waals surface area (Å²) in [4.78, 5) is 14.3. The number of likely N-dealkylation sites (N-methyl/N-ethyl adjacent to an activating group) is 1. The van der Waals surface area contributed by atoms with Crippen molar-refractivity contribution in [2.45, 2.75) is 6.42 Å². The lowest BCUT2D eigenvalue weighted by atomic mass is 10.3. The summed E-state index contributed by atoms with van der Waals surface area (Å²) in [6.45, 7) is 4.81. The van der Waals surface area contributed by atoms with Crippen LogP contribution in [0.5, 0.6) is 0 Å². The number of hydrogen-bond acceptors (Lipinski definition) is 2. The lowest BCUT2D eigenvalue weighted by molar-refractivity contribution is 0.213. The molecule has 0 saturated carbocycles. The van der Waals surface area contributed by atoms with E-state index in [0.717, 1.165) is 10.2 Å². The number of rotatable bonds is 5. The van der Waals surface area contributed by atoms with Crippen molar-refractivity contribution in [3.63, 3.8) is 0 Å². The number of carbonyl (C=O) groups is 1. The second kappa shape index (κ2) is 6.70. The molecule has 0 unspecified atom stereocenters. The molecule has 0 aliphatic heterocycles. The van der Waals surface area contributed by atoms with E-state index in [2.05, 4.69) is 33.9 Å². The molecule has 0 bridgehead atoms. The maximum absolute atomic E-state index is 11.5. The molecule has 3 nitrogen and oxygen atoms in total. The average Bonchev–Trinajstić information content (AvgIpc) is 2.64. The van der Waals surface area contributed by atoms with Gasteiger partial charge in [-0.1, -0.05) is 6.08 Å². The molecule has 0 radical (unpaired) electrons. The third kappa shape index (κ3) is 4.37. The van der Waals surface area contributed by atoms with Crippen molar-refractivity contribution in [1.82, 2.24) is 10.2 Å². The first-order valence-electron chi connectivity index (χ1n) is 4.97. The molecule has 5 heteroatoms. The number of nitrogens with zero attached hydrogens (tertiary/aromatic N) is 1. The molecule has 1 rings (SSSR count). The van der Waals surface area contributed by atoms with Gasteiger partial charge in [0, 0.05) is 25.0 Å². The molecule has 2 amide bonds. The van der Waals surface area contributed by atoms with Crippen molar-refractivity contribution in [2.24, 2.45) is 0 Å². The van der Waals surface area contributed by atoms with Crippen molar-refractivity contribution in [3.05, 3.63) is 33.5 Å². The number of nitrogens with one attached hydrogen (secondary N) is 1. The highest BCUT2D eigenvalue weighted by Gasteiger charge is 2.05. The zero-order chi connectivity index (χ0) is 12.0. The first-order chi connectivity index (χ1) is 7.63. The van der Waals surface area contributed by atoms with Crippen LogP contribution in [0.25, 0.3) is 0 Å². The van der Waals surface area contributed by atoms with Gasteiger partial charge in [-0.2, -0.15) is 0 Å². The van der Waals surface area contributed by atoms with Crippen LogP contribution in [0.4, 0.5) is 4.79 Å². The Morgan fingerprint density at radius 1 is 1.69 bits per heavy atom. The zero-order valence-electron chi connectivity index (χ0n) is 9.20. The van der Waals surface area contributed by atoms with E-state index in [1.54, 1.807) is 29.4 Å². The molecule has 0 aromatic carbocycles. The van der Waals surface area contributed by atoms with E-state index in [-0.39, 0.29) is 6.03 Å². The molecule has 1 aromatic rings. The Labute approximate surface area is 108 Å². The van der Waals surface area contributed by atoms with Gasteiger partial charge in [0.2, 0.25) is 0 Å². The number of amides is 2. The van der Waals surface area contributed by atoms with Crippen molar-refractivity contribution < 1.29 is 4.79 Å². The summed E-state index contributed by atoms with van der Waals surface area (Å²) in [5, 5.41) is 2.86. The number of thiophene rings is 1. The van der Waals surface area contributed by atoms with Crippen LogP contribution in [-0.4, -0.2) is 31.1 Å². The first kappa shape index (κ1) is 13.3. The van der Waals surface area contributed by atoms with Crippen molar-refractivity contribution >= 4 is 33.3 Å². The van der Waals surface area contributed by atoms with Crippen LogP contribution >= 0.6 is 27.3 Å². The van der Waals surface area contributed by atoms with Gasteiger partial charge in [0.25, 0.3) is 0 Å². The van der Waals surface area contributed by atoms with Gasteiger partial charge in [0.05, 0.1) is 3.79 Å². The topological polar surface area (TPSA) is 32.3 Å². The van der Waals surface area contributed by atoms with Crippen molar-refractivity contribution in [2.75, 3.05) is 20.1 Å². The summed E-state index contributed by atoms with van der Waals surface area (Å²) in [6.07, 6.45) is 2.57. The Bertz CT molecular complexity index is 365. The normalized spacial score (nSPS) is 9.88. The molecule has 0 saturated heterocycles. The number of hydrogen-bond donors (Lipinski definition) is 1. The summed E-state index contributed by atoms with van der Waals surface area (Å²) >= 11 is 5.10. The number of halogens is 1. The lowest BCUT2D eigenvalue weighted by Crippen LogP contribution is -2.38. The zero-order valence-corrected chi connectivity index (χ0v) is 11.6. The summed E-state index contributed by atoms with van der Waals surface area (Å²) in [6, 6.07) is 4.02. The Hall–Kier alpha value is -0.810. The molecule has 0 atom stereocenters. The molecular formula is C11H15BrN2OS. The molecule has 0 aliphatic rings. The maximum atomic E-state index is 11.5. The van der Waals surface area contributed by atoms with Gasteiger partial charge >= 0.3 is 6.03 Å². The number of urea groups is 1. The monoisotopic (exact) mass is 302 g/mol. The second-order valence-corrected chi connectivity index (χ2v) is 5.90. The highest BCUT2D eigenvalue weighted by molar-refractivity contribution is 9.11. The minimum absolute atomic E-state index is 0.0597. The molecular weight excluding hydrogens is 288 g/mol. The van der Waals surface area contributed by atoms with Crippen LogP contribution in [-0.2, 0) is 6.42 Å². The Morgan fingerprint density at radius 3 is 3.00 bits per heavy atom. The van der Waals surface area contributed by atoms with Crippen LogP contribution in [0.1, 0.15) is 4.88 Å². The fourth-order valence-electron chi connectivity index (χ4n) is 1.19. The minimum atomic E-state index is -0.0597. The predicted molar refractivity (Wildman–Crippen MR) is 71.9 cm³/mol. The summed E-state index contributed by atoms with van der Waals surface area (Å²) in [7, 11) is 1.75. The highest BCUT2D eigenvalue weighted by atomic mass is 79.9. The van der Waals surface area contributed by atoms with E-state index in [4.69, 9.17) is 0 Å². The van der Waals surface area contributed by atoms with Crippen LogP contribution in [0.2, 0.25) is 0 Å². The smallest absolute Gasteiger partial charge is 0.317 e. The summed E-state index contributed by atoms with van der Waals surface area (Å²) < 4.78 is 1.12. The average molecular weight is 303 g/mol. The fraction of sp³-hybridized carbons (Fsp3) is 0.364. The van der Waals surface area contributed by atoms with Gasteiger partial charge in [-0.3, -0.25) is 0 Å². The maximum Gasteiger partial charge on any atom is 0.317 e. The Morgan fingerprint density at radius 2 is 2.44 bits per heavy atom. The minimum Gasteiger partial charge on any atom is -0.338 e. The summed E-state index contributed by atoms with van der Waals surface area (Å²) in [5.74, 6) is 0. The molecule has 1 N–H and O–H groups in total. The van der Waals surface area contributed by atoms with Gasteiger partial charge < -0.3 is 10.2 Å². The second-order valence-electron chi connectivity index (χ2n) is 3.36. The van der Waals surface area contributed by atoms with Crippen LogP contribution in [0.3, 0.4) is 0 Å². The molecule has 0 spiro atoms. The lowest BCUT2D eigenvalue weighted by Gasteiger charge is -2.15. The van der Waals surface area contributed by atoms with Gasteiger partial charge in [-0.15, -0.1) is 17.9 Å². The molecule has 1 heterocycles. The predicted octanol–water partition coefficient (Wildman–Crippen LogP) is 2.88. The van der Waals surface area contributed by atoms with Gasteiger partial charge in [-0.25, -0.2) is 4.79 Å². The van der Waals surface area contributed by atoms with Gasteiger partial charge in [-0.05, 0) is 34.5 Å². The Balaban J connectivity index is 2.25. The SMILES string of the molecule is C=CCN(C)C(=O)NCCc1ccc(Br)s1. The van der Waals surface area contributed by atoms with E-state index >= 15 is 0 Å². The van der Waals surface area contributed by atoms with Crippen LogP contribution in [0.15, 0.2) is 28.6 Å². The van der Waals surface area contributed by atoms with Crippen LogP contribution in [0, 0.1) is 0 Å². The molecule has 0 aliphatic carbocycles. The first-order valence-corrected chi connectivity index (χ1v) is 6.58.